The van der Waals surface area contributed by atoms with Gasteiger partial charge in [0.15, 0.2) is 0 Å². The third-order valence-corrected chi connectivity index (χ3v) is 11.3. The molecule has 7 nitrogen and oxygen atoms in total. The van der Waals surface area contributed by atoms with Crippen LogP contribution >= 0.6 is 0 Å². The summed E-state index contributed by atoms with van der Waals surface area (Å²) in [6, 6.07) is 5.17. The van der Waals surface area contributed by atoms with Gasteiger partial charge in [-0.3, -0.25) is 4.79 Å². The van der Waals surface area contributed by atoms with Crippen molar-refractivity contribution in [2.45, 2.75) is 80.4 Å². The Morgan fingerprint density at radius 2 is 1.85 bits per heavy atom. The standard InChI is InChI=1S/C18H23FN2O2S.C6H12N2O/c1-21(24(22,23)15-4-2-14(19)3-5-15)18-8-12-6-16(20)9-13(10-18)17(18,7-12)11-16;1-5(9)8-4-2-3-6(8)7/h2-5,12-13H,6-11,20H2,1H3;6H,2-4,7H2,1H3/t;6-/m.0/s1. The van der Waals surface area contributed by atoms with E-state index in [4.69, 9.17) is 11.5 Å². The van der Waals surface area contributed by atoms with Gasteiger partial charge in [0.1, 0.15) is 5.82 Å². The largest absolute Gasteiger partial charge is 0.328 e. The fourth-order valence-corrected chi connectivity index (χ4v) is 9.81. The van der Waals surface area contributed by atoms with Crippen molar-refractivity contribution in [3.05, 3.63) is 30.1 Å². The smallest absolute Gasteiger partial charge is 0.243 e. The van der Waals surface area contributed by atoms with E-state index in [0.717, 1.165) is 57.9 Å². The third kappa shape index (κ3) is 3.30. The number of likely N-dealkylation sites (tertiary alicyclic amines) is 1. The first kappa shape index (κ1) is 23.2. The second-order valence-corrected chi connectivity index (χ2v) is 13.1. The van der Waals surface area contributed by atoms with Gasteiger partial charge in [-0.05, 0) is 92.9 Å². The number of carbonyl (C=O) groups excluding carboxylic acids is 1. The van der Waals surface area contributed by atoms with E-state index in [9.17, 15) is 17.6 Å². The molecule has 1 aliphatic heterocycles. The van der Waals surface area contributed by atoms with Crippen LogP contribution in [0.5, 0.6) is 0 Å². The van der Waals surface area contributed by atoms with Crippen molar-refractivity contribution in [2.24, 2.45) is 28.7 Å². The highest BCUT2D eigenvalue weighted by molar-refractivity contribution is 7.89. The van der Waals surface area contributed by atoms with E-state index in [1.807, 2.05) is 0 Å². The maximum absolute atomic E-state index is 13.2. The zero-order chi connectivity index (χ0) is 23.8. The average Bonchev–Trinajstić information content (AvgIpc) is 3.30. The highest BCUT2D eigenvalue weighted by Crippen LogP contribution is 2.79. The van der Waals surface area contributed by atoms with Gasteiger partial charge in [0, 0.05) is 31.6 Å². The number of halogens is 1. The number of hydrogen-bond donors (Lipinski definition) is 2. The SMILES string of the molecule is CC(=O)N1CCC[C@H]1N.CN(C12CC3CC4(N)CC(C1)C2(C3)C4)S(=O)(=O)c1ccc(F)cc1. The topological polar surface area (TPSA) is 110 Å². The van der Waals surface area contributed by atoms with Crippen molar-refractivity contribution < 1.29 is 17.6 Å². The van der Waals surface area contributed by atoms with Gasteiger partial charge in [-0.1, -0.05) is 0 Å². The van der Waals surface area contributed by atoms with Crippen LogP contribution in [0.4, 0.5) is 4.39 Å². The summed E-state index contributed by atoms with van der Waals surface area (Å²) in [5.41, 5.74) is 11.9. The van der Waals surface area contributed by atoms with Gasteiger partial charge >= 0.3 is 0 Å². The highest BCUT2D eigenvalue weighted by atomic mass is 32.2. The molecule has 1 aromatic rings. The maximum Gasteiger partial charge on any atom is 0.243 e. The number of sulfonamides is 1. The highest BCUT2D eigenvalue weighted by Gasteiger charge is 2.79. The Hall–Kier alpha value is -1.55. The Bertz CT molecular complexity index is 1060. The molecule has 3 bridgehead atoms. The van der Waals surface area contributed by atoms with Gasteiger partial charge in [-0.25, -0.2) is 12.8 Å². The summed E-state index contributed by atoms with van der Waals surface area (Å²) in [7, 11) is -1.90. The summed E-state index contributed by atoms with van der Waals surface area (Å²) in [5, 5.41) is 0. The van der Waals surface area contributed by atoms with Crippen molar-refractivity contribution in [1.29, 1.82) is 0 Å². The van der Waals surface area contributed by atoms with Crippen molar-refractivity contribution in [2.75, 3.05) is 13.6 Å². The molecule has 1 heterocycles. The van der Waals surface area contributed by atoms with Crippen LogP contribution in [0, 0.1) is 23.1 Å². The molecule has 5 aliphatic rings. The summed E-state index contributed by atoms with van der Waals surface area (Å²) >= 11 is 0. The summed E-state index contributed by atoms with van der Waals surface area (Å²) in [4.78, 5) is 12.6. The van der Waals surface area contributed by atoms with Gasteiger partial charge in [0.05, 0.1) is 11.1 Å². The molecule has 4 aliphatic carbocycles. The lowest BCUT2D eigenvalue weighted by Gasteiger charge is -2.62. The summed E-state index contributed by atoms with van der Waals surface area (Å²) in [6.07, 6.45) is 8.04. The molecule has 5 fully saturated rings. The lowest BCUT2D eigenvalue weighted by molar-refractivity contribution is -0.129. The van der Waals surface area contributed by atoms with Crippen LogP contribution in [0.15, 0.2) is 29.2 Å². The third-order valence-electron chi connectivity index (χ3n) is 9.37. The summed E-state index contributed by atoms with van der Waals surface area (Å²) in [5.74, 6) is 0.792. The summed E-state index contributed by atoms with van der Waals surface area (Å²) < 4.78 is 41.1. The molecule has 0 aromatic heterocycles. The lowest BCUT2D eigenvalue weighted by atomic mass is 9.51. The zero-order valence-electron chi connectivity index (χ0n) is 19.5. The molecule has 6 atom stereocenters. The molecule has 4 N–H and O–H groups in total. The molecule has 1 amide bonds. The average molecular weight is 479 g/mol. The predicted molar refractivity (Wildman–Crippen MR) is 123 cm³/mol. The molecule has 9 heteroatoms. The fourth-order valence-electron chi connectivity index (χ4n) is 8.23. The number of hydrogen-bond acceptors (Lipinski definition) is 5. The van der Waals surface area contributed by atoms with Crippen LogP contribution in [-0.4, -0.2) is 54.4 Å². The minimum Gasteiger partial charge on any atom is -0.328 e. The monoisotopic (exact) mass is 478 g/mol. The van der Waals surface area contributed by atoms with Crippen LogP contribution in [0.2, 0.25) is 0 Å². The molecule has 33 heavy (non-hydrogen) atoms. The number of fused-ring (bicyclic) bond motifs is 2. The lowest BCUT2D eigenvalue weighted by Crippen LogP contribution is -2.67. The molecular weight excluding hydrogens is 443 g/mol. The number of amides is 1. The van der Waals surface area contributed by atoms with E-state index in [1.165, 1.54) is 24.3 Å². The van der Waals surface area contributed by atoms with E-state index in [0.29, 0.717) is 11.8 Å². The van der Waals surface area contributed by atoms with Gasteiger partial charge < -0.3 is 16.4 Å². The van der Waals surface area contributed by atoms with Gasteiger partial charge in [0.2, 0.25) is 15.9 Å². The Morgan fingerprint density at radius 3 is 2.42 bits per heavy atom. The number of nitrogens with two attached hydrogens (primary N) is 2. The maximum atomic E-state index is 13.2. The van der Waals surface area contributed by atoms with Crippen molar-refractivity contribution >= 4 is 15.9 Å². The molecule has 1 spiro atoms. The molecule has 5 unspecified atom stereocenters. The Balaban J connectivity index is 0.000000215. The number of nitrogens with zero attached hydrogens (tertiary/aromatic N) is 2. The quantitative estimate of drug-likeness (QED) is 0.693. The van der Waals surface area contributed by atoms with Gasteiger partial charge in [-0.2, -0.15) is 4.31 Å². The van der Waals surface area contributed by atoms with Crippen LogP contribution in [0.25, 0.3) is 0 Å². The second-order valence-electron chi connectivity index (χ2n) is 11.2. The van der Waals surface area contributed by atoms with Gasteiger partial charge in [-0.15, -0.1) is 0 Å². The molecule has 182 valence electrons. The molecule has 4 saturated carbocycles. The number of rotatable bonds is 3. The first-order chi connectivity index (χ1) is 15.4. The van der Waals surface area contributed by atoms with Crippen molar-refractivity contribution in [3.63, 3.8) is 0 Å². The Morgan fingerprint density at radius 1 is 1.15 bits per heavy atom. The van der Waals surface area contributed by atoms with Crippen LogP contribution in [0.3, 0.4) is 0 Å². The molecule has 6 rings (SSSR count). The minimum atomic E-state index is -3.62. The van der Waals surface area contributed by atoms with Crippen LogP contribution in [-0.2, 0) is 14.8 Å². The fraction of sp³-hybridized carbons (Fsp3) is 0.708. The van der Waals surface area contributed by atoms with E-state index in [-0.39, 0.29) is 33.5 Å². The van der Waals surface area contributed by atoms with Crippen molar-refractivity contribution in [3.8, 4) is 0 Å². The first-order valence-corrected chi connectivity index (χ1v) is 13.4. The van der Waals surface area contributed by atoms with Crippen LogP contribution < -0.4 is 11.5 Å². The molecule has 1 aromatic carbocycles. The van der Waals surface area contributed by atoms with E-state index >= 15 is 0 Å². The molecule has 1 saturated heterocycles. The number of benzene rings is 1. The molecular formula is C24H35FN4O3S. The van der Waals surface area contributed by atoms with E-state index in [1.54, 1.807) is 23.2 Å². The van der Waals surface area contributed by atoms with Gasteiger partial charge in [0.25, 0.3) is 0 Å². The van der Waals surface area contributed by atoms with Crippen molar-refractivity contribution in [1.82, 2.24) is 9.21 Å². The van der Waals surface area contributed by atoms with E-state index in [2.05, 4.69) is 0 Å². The predicted octanol–water partition coefficient (Wildman–Crippen LogP) is 2.41. The molecule has 0 radical (unpaired) electrons. The van der Waals surface area contributed by atoms with Crippen LogP contribution in [0.1, 0.15) is 58.3 Å². The Labute approximate surface area is 195 Å². The first-order valence-electron chi connectivity index (χ1n) is 12.0. The minimum absolute atomic E-state index is 0.0116. The zero-order valence-corrected chi connectivity index (χ0v) is 20.3. The Kier molecular flexibility index (Phi) is 5.25. The number of carbonyl (C=O) groups is 1. The summed E-state index contributed by atoms with van der Waals surface area (Å²) in [6.45, 7) is 2.40. The second kappa shape index (κ2) is 7.47. The van der Waals surface area contributed by atoms with E-state index < -0.39 is 15.8 Å². The normalized spacial score (nSPS) is 40.4.